The molecule has 242 valence electrons. The Kier molecular flexibility index (Phi) is 6.80. The van der Waals surface area contributed by atoms with Crippen molar-refractivity contribution < 1.29 is 0 Å². The van der Waals surface area contributed by atoms with Crippen LogP contribution >= 0.6 is 0 Å². The van der Waals surface area contributed by atoms with Crippen molar-refractivity contribution in [2.45, 2.75) is 0 Å². The van der Waals surface area contributed by atoms with Crippen LogP contribution in [0, 0.1) is 6.57 Å². The minimum absolute atomic E-state index is 0.626. The maximum atomic E-state index is 7.79. The predicted molar refractivity (Wildman–Crippen MR) is 213 cm³/mol. The van der Waals surface area contributed by atoms with Gasteiger partial charge in [0.15, 0.2) is 11.5 Å². The van der Waals surface area contributed by atoms with Gasteiger partial charge in [0.1, 0.15) is 0 Å². The Morgan fingerprint density at radius 1 is 0.423 bits per heavy atom. The molecule has 0 aliphatic carbocycles. The Bertz CT molecular complexity index is 2930. The molecule has 0 saturated carbocycles. The maximum Gasteiger partial charge on any atom is 0.188 e. The summed E-state index contributed by atoms with van der Waals surface area (Å²) >= 11 is 0. The van der Waals surface area contributed by atoms with E-state index in [0.29, 0.717) is 11.5 Å². The molecule has 5 heteroatoms. The van der Waals surface area contributed by atoms with Gasteiger partial charge in [0.25, 0.3) is 0 Å². The molecule has 0 amide bonds. The highest BCUT2D eigenvalue weighted by Crippen LogP contribution is 2.43. The molecule has 0 saturated heterocycles. The summed E-state index contributed by atoms with van der Waals surface area (Å²) in [5.41, 5.74) is 12.0. The highest BCUT2D eigenvalue weighted by molar-refractivity contribution is 6.26. The predicted octanol–water partition coefficient (Wildman–Crippen LogP) is 12.2. The molecule has 5 nitrogen and oxygen atoms in total. The first-order chi connectivity index (χ1) is 25.7. The minimum Gasteiger partial charge on any atom is -0.309 e. The summed E-state index contributed by atoms with van der Waals surface area (Å²) in [7, 11) is 0. The molecule has 0 fully saturated rings. The Morgan fingerprint density at radius 2 is 1.00 bits per heavy atom. The minimum atomic E-state index is 0.626. The van der Waals surface area contributed by atoms with Gasteiger partial charge in [0, 0.05) is 44.2 Å². The quantitative estimate of drug-likeness (QED) is 0.172. The van der Waals surface area contributed by atoms with Crippen LogP contribution in [0.3, 0.4) is 0 Å². The van der Waals surface area contributed by atoms with E-state index < -0.39 is 0 Å². The highest BCUT2D eigenvalue weighted by Gasteiger charge is 2.21. The first kappa shape index (κ1) is 29.6. The number of hydrogen-bond donors (Lipinski definition) is 0. The van der Waals surface area contributed by atoms with E-state index in [9.17, 15) is 0 Å². The van der Waals surface area contributed by atoms with E-state index in [2.05, 4.69) is 129 Å². The zero-order valence-corrected chi connectivity index (χ0v) is 28.0. The lowest BCUT2D eigenvalue weighted by Gasteiger charge is -2.12. The molecule has 0 radical (unpaired) electrons. The highest BCUT2D eigenvalue weighted by atomic mass is 15.0. The van der Waals surface area contributed by atoms with Gasteiger partial charge in [0.2, 0.25) is 0 Å². The van der Waals surface area contributed by atoms with E-state index in [1.807, 2.05) is 60.7 Å². The van der Waals surface area contributed by atoms with E-state index >= 15 is 0 Å². The fraction of sp³-hybridized carbons (Fsp3) is 0. The second-order valence-electron chi connectivity index (χ2n) is 12.9. The van der Waals surface area contributed by atoms with Crippen LogP contribution in [0.25, 0.3) is 93.7 Å². The molecule has 0 aliphatic rings. The number of aromatic nitrogens is 4. The van der Waals surface area contributed by atoms with Crippen molar-refractivity contribution in [3.63, 3.8) is 0 Å². The second kappa shape index (κ2) is 11.9. The van der Waals surface area contributed by atoms with Crippen LogP contribution in [0.5, 0.6) is 0 Å². The SMILES string of the molecule is [C-]#[N+]c1ccc2c(c1)c1ccc3c(c4ccccc4n3-c3ccccc3)c1n2-c1ccc(-c2cc(-c3ccccc3)nc(-c3ccccc3)n2)cc1. The standard InChI is InChI=1S/C47H29N5/c1-48-34-23-27-43-39(29-34)37-26-28-44-45(38-19-11-12-20-42(38)51(44)35-17-9-4-10-18-35)46(37)52(43)36-24-21-32(22-25-36)41-30-40(31-13-5-2-6-14-31)49-47(50-41)33-15-7-3-8-16-33/h2-30H. The number of para-hydroxylation sites is 2. The molecule has 0 atom stereocenters. The molecule has 0 spiro atoms. The summed E-state index contributed by atoms with van der Waals surface area (Å²) in [6, 6.07) is 60.8. The summed E-state index contributed by atoms with van der Waals surface area (Å²) in [6.45, 7) is 7.79. The Hall–Kier alpha value is -7.29. The van der Waals surface area contributed by atoms with Gasteiger partial charge < -0.3 is 9.13 Å². The fourth-order valence-corrected chi connectivity index (χ4v) is 7.59. The molecule has 7 aromatic carbocycles. The Labute approximate surface area is 300 Å². The van der Waals surface area contributed by atoms with Crippen LogP contribution in [0.15, 0.2) is 176 Å². The molecule has 3 heterocycles. The Morgan fingerprint density at radius 3 is 1.71 bits per heavy atom. The first-order valence-corrected chi connectivity index (χ1v) is 17.3. The monoisotopic (exact) mass is 663 g/mol. The zero-order valence-electron chi connectivity index (χ0n) is 28.0. The van der Waals surface area contributed by atoms with E-state index in [1.165, 1.54) is 10.8 Å². The largest absolute Gasteiger partial charge is 0.309 e. The molecule has 0 bridgehead atoms. The van der Waals surface area contributed by atoms with Crippen LogP contribution in [-0.2, 0) is 0 Å². The smallest absolute Gasteiger partial charge is 0.188 e. The number of hydrogen-bond acceptors (Lipinski definition) is 2. The number of nitrogens with zero attached hydrogens (tertiary/aromatic N) is 5. The van der Waals surface area contributed by atoms with Crippen molar-refractivity contribution in [1.82, 2.24) is 19.1 Å². The van der Waals surface area contributed by atoms with Crippen molar-refractivity contribution in [3.8, 4) is 45.3 Å². The van der Waals surface area contributed by atoms with Gasteiger partial charge in [0.05, 0.1) is 40.0 Å². The van der Waals surface area contributed by atoms with Crippen LogP contribution in [0.4, 0.5) is 5.69 Å². The van der Waals surface area contributed by atoms with Gasteiger partial charge in [-0.15, -0.1) is 0 Å². The van der Waals surface area contributed by atoms with E-state index in [1.54, 1.807) is 0 Å². The number of fused-ring (bicyclic) bond motifs is 7. The van der Waals surface area contributed by atoms with Crippen LogP contribution in [0.2, 0.25) is 0 Å². The van der Waals surface area contributed by atoms with Gasteiger partial charge in [-0.1, -0.05) is 121 Å². The lowest BCUT2D eigenvalue weighted by atomic mass is 10.1. The molecule has 0 aliphatic heterocycles. The first-order valence-electron chi connectivity index (χ1n) is 17.3. The third-order valence-electron chi connectivity index (χ3n) is 9.94. The molecular formula is C47H29N5. The lowest BCUT2D eigenvalue weighted by molar-refractivity contribution is 1.17. The van der Waals surface area contributed by atoms with E-state index in [0.717, 1.165) is 72.3 Å². The van der Waals surface area contributed by atoms with Crippen molar-refractivity contribution in [2.75, 3.05) is 0 Å². The van der Waals surface area contributed by atoms with Gasteiger partial charge in [-0.3, -0.25) is 0 Å². The molecule has 3 aromatic heterocycles. The van der Waals surface area contributed by atoms with Crippen molar-refractivity contribution >= 4 is 49.3 Å². The third-order valence-corrected chi connectivity index (χ3v) is 9.94. The van der Waals surface area contributed by atoms with Crippen molar-refractivity contribution in [1.29, 1.82) is 0 Å². The van der Waals surface area contributed by atoms with Gasteiger partial charge in [-0.05, 0) is 60.0 Å². The molecule has 0 N–H and O–H groups in total. The summed E-state index contributed by atoms with van der Waals surface area (Å²) in [5.74, 6) is 0.691. The number of benzene rings is 7. The van der Waals surface area contributed by atoms with E-state index in [-0.39, 0.29) is 0 Å². The summed E-state index contributed by atoms with van der Waals surface area (Å²) in [4.78, 5) is 13.8. The maximum absolute atomic E-state index is 7.79. The molecule has 10 aromatic rings. The summed E-state index contributed by atoms with van der Waals surface area (Å²) in [5, 5.41) is 4.53. The second-order valence-corrected chi connectivity index (χ2v) is 12.9. The van der Waals surface area contributed by atoms with Crippen molar-refractivity contribution in [3.05, 3.63) is 187 Å². The summed E-state index contributed by atoms with van der Waals surface area (Å²) < 4.78 is 4.71. The van der Waals surface area contributed by atoms with Gasteiger partial charge >= 0.3 is 0 Å². The van der Waals surface area contributed by atoms with Crippen LogP contribution < -0.4 is 0 Å². The summed E-state index contributed by atoms with van der Waals surface area (Å²) in [6.07, 6.45) is 0. The van der Waals surface area contributed by atoms with Crippen LogP contribution in [0.1, 0.15) is 0 Å². The fourth-order valence-electron chi connectivity index (χ4n) is 7.59. The van der Waals surface area contributed by atoms with Crippen molar-refractivity contribution in [2.24, 2.45) is 0 Å². The Balaban J connectivity index is 1.21. The van der Waals surface area contributed by atoms with Gasteiger partial charge in [-0.2, -0.15) is 0 Å². The molecule has 52 heavy (non-hydrogen) atoms. The average Bonchev–Trinajstić information content (AvgIpc) is 3.74. The topological polar surface area (TPSA) is 40.0 Å². The van der Waals surface area contributed by atoms with E-state index in [4.69, 9.17) is 16.5 Å². The third kappa shape index (κ3) is 4.70. The normalized spacial score (nSPS) is 11.4. The molecule has 0 unspecified atom stereocenters. The zero-order chi connectivity index (χ0) is 34.6. The average molecular weight is 664 g/mol. The lowest BCUT2D eigenvalue weighted by Crippen LogP contribution is -1.97. The number of rotatable bonds is 5. The van der Waals surface area contributed by atoms with Gasteiger partial charge in [-0.25, -0.2) is 14.8 Å². The molecular weight excluding hydrogens is 635 g/mol. The van der Waals surface area contributed by atoms with Crippen LogP contribution in [-0.4, -0.2) is 19.1 Å². The molecule has 10 rings (SSSR count).